The highest BCUT2D eigenvalue weighted by molar-refractivity contribution is 7.99. The standard InChI is InChI=1S/C10H20N2O4S2/c1-11(6-4-10(13)16-2)18(14,15)12-5-3-8-17-9-7-12/h3-9H2,1-2H3. The number of hydrogen-bond acceptors (Lipinski definition) is 5. The molecule has 0 unspecified atom stereocenters. The number of esters is 1. The van der Waals surface area contributed by atoms with E-state index in [4.69, 9.17) is 0 Å². The lowest BCUT2D eigenvalue weighted by atomic mass is 10.4. The predicted molar refractivity (Wildman–Crippen MR) is 71.7 cm³/mol. The summed E-state index contributed by atoms with van der Waals surface area (Å²) in [6, 6.07) is 0. The molecule has 0 N–H and O–H groups in total. The van der Waals surface area contributed by atoms with Crippen molar-refractivity contribution in [3.8, 4) is 0 Å². The van der Waals surface area contributed by atoms with Gasteiger partial charge in [0, 0.05) is 32.4 Å². The van der Waals surface area contributed by atoms with Crippen molar-refractivity contribution in [1.29, 1.82) is 0 Å². The molecule has 0 aromatic heterocycles. The number of carbonyl (C=O) groups excluding carboxylic acids is 1. The van der Waals surface area contributed by atoms with E-state index in [0.29, 0.717) is 13.1 Å². The molecule has 0 aromatic carbocycles. The smallest absolute Gasteiger partial charge is 0.306 e. The van der Waals surface area contributed by atoms with Gasteiger partial charge in [0.2, 0.25) is 0 Å². The van der Waals surface area contributed by atoms with Gasteiger partial charge < -0.3 is 4.74 Å². The summed E-state index contributed by atoms with van der Waals surface area (Å²) in [6.07, 6.45) is 0.948. The summed E-state index contributed by atoms with van der Waals surface area (Å²) < 4.78 is 31.7. The van der Waals surface area contributed by atoms with Gasteiger partial charge in [-0.1, -0.05) is 0 Å². The lowest BCUT2D eigenvalue weighted by Crippen LogP contribution is -2.43. The van der Waals surface area contributed by atoms with E-state index in [0.717, 1.165) is 17.9 Å². The van der Waals surface area contributed by atoms with E-state index in [2.05, 4.69) is 4.74 Å². The van der Waals surface area contributed by atoms with E-state index in [1.807, 2.05) is 0 Å². The molecule has 1 rings (SSSR count). The molecule has 0 spiro atoms. The van der Waals surface area contributed by atoms with Gasteiger partial charge in [-0.05, 0) is 12.2 Å². The molecule has 1 aliphatic rings. The topological polar surface area (TPSA) is 66.9 Å². The summed E-state index contributed by atoms with van der Waals surface area (Å²) in [5.41, 5.74) is 0. The Hall–Kier alpha value is -0.310. The van der Waals surface area contributed by atoms with E-state index >= 15 is 0 Å². The zero-order valence-electron chi connectivity index (χ0n) is 10.8. The minimum atomic E-state index is -3.44. The molecule has 0 amide bonds. The molecule has 8 heteroatoms. The molecule has 0 bridgehead atoms. The Morgan fingerprint density at radius 1 is 1.39 bits per heavy atom. The summed E-state index contributed by atoms with van der Waals surface area (Å²) in [6.45, 7) is 1.24. The summed E-state index contributed by atoms with van der Waals surface area (Å²) in [5.74, 6) is 1.42. The highest BCUT2D eigenvalue weighted by Gasteiger charge is 2.27. The number of nitrogens with zero attached hydrogens (tertiary/aromatic N) is 2. The summed E-state index contributed by atoms with van der Waals surface area (Å²) >= 11 is 1.77. The fourth-order valence-electron chi connectivity index (χ4n) is 1.62. The van der Waals surface area contributed by atoms with Crippen molar-refractivity contribution in [1.82, 2.24) is 8.61 Å². The lowest BCUT2D eigenvalue weighted by molar-refractivity contribution is -0.140. The first kappa shape index (κ1) is 15.7. The van der Waals surface area contributed by atoms with Gasteiger partial charge in [-0.25, -0.2) is 0 Å². The Bertz CT molecular complexity index is 364. The van der Waals surface area contributed by atoms with Crippen LogP contribution in [0.2, 0.25) is 0 Å². The van der Waals surface area contributed by atoms with E-state index in [9.17, 15) is 13.2 Å². The monoisotopic (exact) mass is 296 g/mol. The first-order valence-corrected chi connectivity index (χ1v) is 8.39. The number of carbonyl (C=O) groups is 1. The third kappa shape index (κ3) is 4.42. The lowest BCUT2D eigenvalue weighted by Gasteiger charge is -2.25. The minimum absolute atomic E-state index is 0.0782. The van der Waals surface area contributed by atoms with Crippen LogP contribution in [-0.2, 0) is 19.7 Å². The molecule has 106 valence electrons. The average Bonchev–Trinajstić information content (AvgIpc) is 2.64. The van der Waals surface area contributed by atoms with Crippen molar-refractivity contribution < 1.29 is 17.9 Å². The van der Waals surface area contributed by atoms with Crippen LogP contribution in [0.4, 0.5) is 0 Å². The summed E-state index contributed by atoms with van der Waals surface area (Å²) in [5, 5.41) is 0. The van der Waals surface area contributed by atoms with E-state index in [1.165, 1.54) is 22.8 Å². The van der Waals surface area contributed by atoms with Crippen molar-refractivity contribution in [3.05, 3.63) is 0 Å². The highest BCUT2D eigenvalue weighted by Crippen LogP contribution is 2.15. The van der Waals surface area contributed by atoms with Gasteiger partial charge in [0.05, 0.1) is 13.5 Å². The van der Waals surface area contributed by atoms with Crippen LogP contribution in [0, 0.1) is 0 Å². The molecule has 0 aromatic rings. The first-order valence-electron chi connectivity index (χ1n) is 5.84. The molecule has 0 aliphatic carbocycles. The molecule has 1 saturated heterocycles. The van der Waals surface area contributed by atoms with Crippen LogP contribution in [0.15, 0.2) is 0 Å². The van der Waals surface area contributed by atoms with Crippen molar-refractivity contribution in [2.24, 2.45) is 0 Å². The van der Waals surface area contributed by atoms with Gasteiger partial charge >= 0.3 is 5.97 Å². The number of hydrogen-bond donors (Lipinski definition) is 0. The SMILES string of the molecule is COC(=O)CCN(C)S(=O)(=O)N1CCCSCC1. The fraction of sp³-hybridized carbons (Fsp3) is 0.900. The second kappa shape index (κ2) is 7.32. The Balaban J connectivity index is 2.57. The molecule has 0 saturated carbocycles. The molecule has 1 heterocycles. The van der Waals surface area contributed by atoms with Crippen molar-refractivity contribution in [2.75, 3.05) is 45.3 Å². The van der Waals surface area contributed by atoms with Crippen molar-refractivity contribution in [2.45, 2.75) is 12.8 Å². The zero-order valence-corrected chi connectivity index (χ0v) is 12.4. The largest absolute Gasteiger partial charge is 0.469 e. The maximum atomic E-state index is 12.2. The quantitative estimate of drug-likeness (QED) is 0.676. The molecular weight excluding hydrogens is 276 g/mol. The molecule has 1 aliphatic heterocycles. The van der Waals surface area contributed by atoms with Crippen LogP contribution in [0.3, 0.4) is 0 Å². The molecular formula is C10H20N2O4S2. The molecule has 6 nitrogen and oxygen atoms in total. The Kier molecular flexibility index (Phi) is 6.40. The van der Waals surface area contributed by atoms with Crippen LogP contribution in [-0.4, -0.2) is 68.3 Å². The first-order chi connectivity index (χ1) is 8.48. The van der Waals surface area contributed by atoms with Crippen LogP contribution in [0.1, 0.15) is 12.8 Å². The molecule has 0 atom stereocenters. The minimum Gasteiger partial charge on any atom is -0.469 e. The molecule has 0 radical (unpaired) electrons. The normalized spacial score (nSPS) is 18.6. The van der Waals surface area contributed by atoms with Gasteiger partial charge in [0.15, 0.2) is 0 Å². The predicted octanol–water partition coefficient (Wildman–Crippen LogP) is 0.165. The fourth-order valence-corrected chi connectivity index (χ4v) is 4.02. The van der Waals surface area contributed by atoms with Crippen LogP contribution in [0.25, 0.3) is 0 Å². The van der Waals surface area contributed by atoms with Crippen molar-refractivity contribution >= 4 is 27.9 Å². The van der Waals surface area contributed by atoms with E-state index < -0.39 is 16.2 Å². The number of ether oxygens (including phenoxy) is 1. The average molecular weight is 296 g/mol. The Morgan fingerprint density at radius 2 is 2.11 bits per heavy atom. The second-order valence-electron chi connectivity index (χ2n) is 4.02. The second-order valence-corrected chi connectivity index (χ2v) is 7.28. The van der Waals surface area contributed by atoms with Crippen molar-refractivity contribution in [3.63, 3.8) is 0 Å². The van der Waals surface area contributed by atoms with Gasteiger partial charge in [-0.3, -0.25) is 4.79 Å². The zero-order chi connectivity index (χ0) is 13.6. The van der Waals surface area contributed by atoms with Gasteiger partial charge in [0.1, 0.15) is 0 Å². The van der Waals surface area contributed by atoms with Crippen LogP contribution < -0.4 is 0 Å². The van der Waals surface area contributed by atoms with Crippen LogP contribution in [0.5, 0.6) is 0 Å². The highest BCUT2D eigenvalue weighted by atomic mass is 32.2. The Morgan fingerprint density at radius 3 is 2.78 bits per heavy atom. The number of methoxy groups -OCH3 is 1. The number of rotatable bonds is 5. The maximum Gasteiger partial charge on any atom is 0.306 e. The van der Waals surface area contributed by atoms with Gasteiger partial charge in [-0.2, -0.15) is 28.8 Å². The van der Waals surface area contributed by atoms with Crippen LogP contribution >= 0.6 is 11.8 Å². The van der Waals surface area contributed by atoms with E-state index in [1.54, 1.807) is 11.8 Å². The summed E-state index contributed by atoms with van der Waals surface area (Å²) in [4.78, 5) is 11.0. The van der Waals surface area contributed by atoms with E-state index in [-0.39, 0.29) is 13.0 Å². The Labute approximate surface area is 113 Å². The van der Waals surface area contributed by atoms with Gasteiger partial charge in [0.25, 0.3) is 10.2 Å². The third-order valence-electron chi connectivity index (χ3n) is 2.76. The van der Waals surface area contributed by atoms with Gasteiger partial charge in [-0.15, -0.1) is 0 Å². The maximum absolute atomic E-state index is 12.2. The molecule has 1 fully saturated rings. The third-order valence-corrected chi connectivity index (χ3v) is 5.80. The molecule has 18 heavy (non-hydrogen) atoms. The summed E-state index contributed by atoms with van der Waals surface area (Å²) in [7, 11) is -0.653. The number of thioether (sulfide) groups is 1.